The lowest BCUT2D eigenvalue weighted by molar-refractivity contribution is -0.138. The van der Waals surface area contributed by atoms with Gasteiger partial charge in [0.15, 0.2) is 0 Å². The van der Waals surface area contributed by atoms with Crippen molar-refractivity contribution in [1.29, 1.82) is 5.26 Å². The maximum Gasteiger partial charge on any atom is 0.325 e. The fraction of sp³-hybridized carbons (Fsp3) is 0.222. The predicted molar refractivity (Wildman–Crippen MR) is 57.2 cm³/mol. The zero-order valence-corrected chi connectivity index (χ0v) is 9.54. The minimum atomic E-state index is -0.413. The number of nitrogens with one attached hydrogen (secondary N) is 1. The molecule has 0 amide bonds. The van der Waals surface area contributed by atoms with Crippen LogP contribution in [0.1, 0.15) is 5.56 Å². The number of rotatable bonds is 3. The van der Waals surface area contributed by atoms with E-state index < -0.39 is 5.97 Å². The molecule has 1 rings (SSSR count). The molecule has 0 spiro atoms. The lowest BCUT2D eigenvalue weighted by Crippen LogP contribution is -2.16. The molecule has 15 heavy (non-hydrogen) atoms. The standard InChI is InChI=1S/C9H8BrN3O2/c1-15-8(14)5-13-9-6(3-11)2-7(10)4-12-9/h2,4H,5H2,1H3,(H,12,13). The Balaban J connectivity index is 2.77. The molecule has 1 heterocycles. The smallest absolute Gasteiger partial charge is 0.325 e. The number of esters is 1. The molecule has 0 unspecified atom stereocenters. The molecule has 5 nitrogen and oxygen atoms in total. The van der Waals surface area contributed by atoms with Crippen molar-refractivity contribution in [1.82, 2.24) is 4.98 Å². The quantitative estimate of drug-likeness (QED) is 0.838. The van der Waals surface area contributed by atoms with Crippen molar-refractivity contribution in [2.24, 2.45) is 0 Å². The van der Waals surface area contributed by atoms with Gasteiger partial charge < -0.3 is 10.1 Å². The molecule has 1 aromatic rings. The van der Waals surface area contributed by atoms with Crippen LogP contribution < -0.4 is 5.32 Å². The second-order valence-electron chi connectivity index (χ2n) is 2.59. The summed E-state index contributed by atoms with van der Waals surface area (Å²) in [5.74, 6) is -0.0466. The van der Waals surface area contributed by atoms with Gasteiger partial charge in [-0.25, -0.2) is 4.98 Å². The summed E-state index contributed by atoms with van der Waals surface area (Å²) in [7, 11) is 1.30. The summed E-state index contributed by atoms with van der Waals surface area (Å²) in [5, 5.41) is 11.5. The molecule has 0 fully saturated rings. The number of pyridine rings is 1. The first kappa shape index (κ1) is 11.5. The summed E-state index contributed by atoms with van der Waals surface area (Å²) < 4.78 is 5.16. The van der Waals surface area contributed by atoms with Crippen molar-refractivity contribution in [2.75, 3.05) is 19.0 Å². The number of nitriles is 1. The number of hydrogen-bond acceptors (Lipinski definition) is 5. The van der Waals surface area contributed by atoms with E-state index in [1.165, 1.54) is 7.11 Å². The highest BCUT2D eigenvalue weighted by Gasteiger charge is 2.06. The van der Waals surface area contributed by atoms with Gasteiger partial charge in [-0.3, -0.25) is 4.79 Å². The van der Waals surface area contributed by atoms with E-state index in [0.29, 0.717) is 15.9 Å². The third-order valence-corrected chi connectivity index (χ3v) is 2.04. The number of ether oxygens (including phenoxy) is 1. The van der Waals surface area contributed by atoms with Crippen LogP contribution >= 0.6 is 15.9 Å². The highest BCUT2D eigenvalue weighted by Crippen LogP contribution is 2.16. The van der Waals surface area contributed by atoms with Crippen LogP contribution in [0.2, 0.25) is 0 Å². The number of hydrogen-bond donors (Lipinski definition) is 1. The first-order chi connectivity index (χ1) is 7.17. The Morgan fingerprint density at radius 2 is 2.53 bits per heavy atom. The van der Waals surface area contributed by atoms with E-state index in [0.717, 1.165) is 0 Å². The predicted octanol–water partition coefficient (Wildman–Crippen LogP) is 1.30. The van der Waals surface area contributed by atoms with Crippen LogP contribution in [0.3, 0.4) is 0 Å². The van der Waals surface area contributed by atoms with Gasteiger partial charge in [0.1, 0.15) is 18.4 Å². The molecule has 0 radical (unpaired) electrons. The number of aromatic nitrogens is 1. The average Bonchev–Trinajstić information content (AvgIpc) is 2.26. The minimum Gasteiger partial charge on any atom is -0.468 e. The van der Waals surface area contributed by atoms with Crippen molar-refractivity contribution < 1.29 is 9.53 Å². The monoisotopic (exact) mass is 269 g/mol. The summed E-state index contributed by atoms with van der Waals surface area (Å²) >= 11 is 3.20. The van der Waals surface area contributed by atoms with Crippen LogP contribution in [-0.2, 0) is 9.53 Å². The Morgan fingerprint density at radius 1 is 1.80 bits per heavy atom. The molecular formula is C9H8BrN3O2. The van der Waals surface area contributed by atoms with E-state index in [2.05, 4.69) is 31.0 Å². The number of nitrogens with zero attached hydrogens (tertiary/aromatic N) is 2. The van der Waals surface area contributed by atoms with E-state index >= 15 is 0 Å². The Labute approximate surface area is 95.2 Å². The first-order valence-corrected chi connectivity index (χ1v) is 4.83. The summed E-state index contributed by atoms with van der Waals surface area (Å²) in [4.78, 5) is 14.8. The van der Waals surface area contributed by atoms with Crippen LogP contribution in [0.4, 0.5) is 5.82 Å². The SMILES string of the molecule is COC(=O)CNc1ncc(Br)cc1C#N. The van der Waals surface area contributed by atoms with E-state index in [4.69, 9.17) is 5.26 Å². The molecule has 0 bridgehead atoms. The molecule has 0 saturated carbocycles. The van der Waals surface area contributed by atoms with E-state index in [9.17, 15) is 4.79 Å². The molecule has 0 aliphatic carbocycles. The molecule has 0 aliphatic rings. The van der Waals surface area contributed by atoms with Crippen molar-refractivity contribution in [3.05, 3.63) is 22.3 Å². The van der Waals surface area contributed by atoms with Crippen molar-refractivity contribution in [3.63, 3.8) is 0 Å². The van der Waals surface area contributed by atoms with Crippen LogP contribution in [0.25, 0.3) is 0 Å². The van der Waals surface area contributed by atoms with Gasteiger partial charge in [0.25, 0.3) is 0 Å². The molecule has 6 heteroatoms. The van der Waals surface area contributed by atoms with Crippen LogP contribution in [0.5, 0.6) is 0 Å². The number of carbonyl (C=O) groups excluding carboxylic acids is 1. The van der Waals surface area contributed by atoms with Gasteiger partial charge in [0.05, 0.1) is 12.7 Å². The highest BCUT2D eigenvalue weighted by atomic mass is 79.9. The van der Waals surface area contributed by atoms with Crippen LogP contribution in [-0.4, -0.2) is 24.6 Å². The molecule has 1 N–H and O–H groups in total. The largest absolute Gasteiger partial charge is 0.468 e. The third-order valence-electron chi connectivity index (χ3n) is 1.60. The van der Waals surface area contributed by atoms with Crippen LogP contribution in [0, 0.1) is 11.3 Å². The zero-order valence-electron chi connectivity index (χ0n) is 7.95. The topological polar surface area (TPSA) is 75.0 Å². The molecule has 78 valence electrons. The number of halogens is 1. The van der Waals surface area contributed by atoms with Gasteiger partial charge in [-0.2, -0.15) is 5.26 Å². The van der Waals surface area contributed by atoms with E-state index in [1.807, 2.05) is 6.07 Å². The van der Waals surface area contributed by atoms with Crippen LogP contribution in [0.15, 0.2) is 16.7 Å². The number of carbonyl (C=O) groups is 1. The molecular weight excluding hydrogens is 262 g/mol. The zero-order chi connectivity index (χ0) is 11.3. The molecule has 0 aliphatic heterocycles. The Hall–Kier alpha value is -1.61. The van der Waals surface area contributed by atoms with Gasteiger partial charge in [-0.1, -0.05) is 0 Å². The summed E-state index contributed by atoms with van der Waals surface area (Å²) in [6.07, 6.45) is 1.54. The third kappa shape index (κ3) is 3.22. The minimum absolute atomic E-state index is 0.0141. The Bertz CT molecular complexity index is 414. The summed E-state index contributed by atoms with van der Waals surface area (Å²) in [5.41, 5.74) is 0.369. The lowest BCUT2D eigenvalue weighted by Gasteiger charge is -2.05. The molecule has 1 aromatic heterocycles. The van der Waals surface area contributed by atoms with Gasteiger partial charge in [0.2, 0.25) is 0 Å². The van der Waals surface area contributed by atoms with E-state index in [-0.39, 0.29) is 6.54 Å². The van der Waals surface area contributed by atoms with Gasteiger partial charge in [-0.05, 0) is 22.0 Å². The van der Waals surface area contributed by atoms with Gasteiger partial charge in [-0.15, -0.1) is 0 Å². The lowest BCUT2D eigenvalue weighted by atomic mass is 10.3. The Kier molecular flexibility index (Phi) is 4.06. The second kappa shape index (κ2) is 5.32. The first-order valence-electron chi connectivity index (χ1n) is 4.03. The molecule has 0 aromatic carbocycles. The number of anilines is 1. The van der Waals surface area contributed by atoms with Crippen molar-refractivity contribution in [2.45, 2.75) is 0 Å². The maximum absolute atomic E-state index is 10.8. The molecule has 0 atom stereocenters. The maximum atomic E-state index is 10.8. The highest BCUT2D eigenvalue weighted by molar-refractivity contribution is 9.10. The Morgan fingerprint density at radius 3 is 3.13 bits per heavy atom. The van der Waals surface area contributed by atoms with E-state index in [1.54, 1.807) is 12.3 Å². The summed E-state index contributed by atoms with van der Waals surface area (Å²) in [6.45, 7) is -0.0141. The van der Waals surface area contributed by atoms with Gasteiger partial charge >= 0.3 is 5.97 Å². The van der Waals surface area contributed by atoms with Gasteiger partial charge in [0, 0.05) is 10.7 Å². The normalized spacial score (nSPS) is 9.13. The fourth-order valence-electron chi connectivity index (χ4n) is 0.893. The second-order valence-corrected chi connectivity index (χ2v) is 3.51. The van der Waals surface area contributed by atoms with Crippen molar-refractivity contribution >= 4 is 27.7 Å². The van der Waals surface area contributed by atoms with Crippen molar-refractivity contribution in [3.8, 4) is 6.07 Å². The summed E-state index contributed by atoms with van der Waals surface area (Å²) in [6, 6.07) is 3.59. The number of methoxy groups -OCH3 is 1. The average molecular weight is 270 g/mol. The fourth-order valence-corrected chi connectivity index (χ4v) is 1.22. The molecule has 0 saturated heterocycles.